The van der Waals surface area contributed by atoms with Gasteiger partial charge in [-0.1, -0.05) is 36.4 Å². The Kier molecular flexibility index (Phi) is 5.45. The number of aliphatic hydroxyl groups is 1. The van der Waals surface area contributed by atoms with Gasteiger partial charge in [0.05, 0.1) is 18.0 Å². The van der Waals surface area contributed by atoms with Gasteiger partial charge in [-0.2, -0.15) is 0 Å². The van der Waals surface area contributed by atoms with Gasteiger partial charge in [-0.05, 0) is 60.9 Å². The summed E-state index contributed by atoms with van der Waals surface area (Å²) < 4.78 is 26.0. The van der Waals surface area contributed by atoms with Crippen LogP contribution in [0, 0.1) is 0 Å². The molecular weight excluding hydrogens is 334 g/mol. The first-order valence-corrected chi connectivity index (χ1v) is 10.6. The minimum atomic E-state index is -3.32. The molecule has 2 aromatic carbocycles. The summed E-state index contributed by atoms with van der Waals surface area (Å²) in [6.07, 6.45) is 5.06. The molecule has 1 unspecified atom stereocenters. The van der Waals surface area contributed by atoms with E-state index in [0.717, 1.165) is 43.2 Å². The van der Waals surface area contributed by atoms with Crippen LogP contribution in [0.5, 0.6) is 0 Å². The summed E-state index contributed by atoms with van der Waals surface area (Å²) in [4.78, 5) is 0. The maximum Gasteiger partial charge on any atom is 0.232 e. The number of aryl methyl sites for hydroxylation is 2. The van der Waals surface area contributed by atoms with E-state index in [-0.39, 0.29) is 0 Å². The highest BCUT2D eigenvalue weighted by Crippen LogP contribution is 2.34. The van der Waals surface area contributed by atoms with Crippen molar-refractivity contribution in [3.8, 4) is 0 Å². The number of anilines is 1. The SMILES string of the molecule is CS(=O)(=O)N(CCCCc1ccccc1)c1ccc2c(c1)CCC2O. The number of nitrogens with zero attached hydrogens (tertiary/aromatic N) is 1. The second-order valence-electron chi connectivity index (χ2n) is 6.72. The van der Waals surface area contributed by atoms with Crippen molar-refractivity contribution in [3.63, 3.8) is 0 Å². The molecule has 2 aromatic rings. The van der Waals surface area contributed by atoms with Gasteiger partial charge in [0.15, 0.2) is 0 Å². The lowest BCUT2D eigenvalue weighted by atomic mass is 10.1. The summed E-state index contributed by atoms with van der Waals surface area (Å²) in [5.74, 6) is 0. The standard InChI is InChI=1S/C20H25NO3S/c1-25(23,24)21(14-6-5-9-16-7-3-2-4-8-16)18-11-12-19-17(15-18)10-13-20(19)22/h2-4,7-8,11-12,15,20,22H,5-6,9-10,13-14H2,1H3. The minimum absolute atomic E-state index is 0.415. The zero-order chi connectivity index (χ0) is 17.9. The molecule has 25 heavy (non-hydrogen) atoms. The maximum absolute atomic E-state index is 12.2. The molecule has 0 saturated heterocycles. The summed E-state index contributed by atoms with van der Waals surface area (Å²) in [5, 5.41) is 9.92. The van der Waals surface area contributed by atoms with Crippen LogP contribution in [0.3, 0.4) is 0 Å². The molecule has 0 heterocycles. The van der Waals surface area contributed by atoms with E-state index in [4.69, 9.17) is 0 Å². The van der Waals surface area contributed by atoms with E-state index in [9.17, 15) is 13.5 Å². The lowest BCUT2D eigenvalue weighted by Crippen LogP contribution is -2.31. The predicted octanol–water partition coefficient (Wildman–Crippen LogP) is 3.46. The number of aliphatic hydroxyl groups excluding tert-OH is 1. The summed E-state index contributed by atoms with van der Waals surface area (Å²) in [7, 11) is -3.32. The van der Waals surface area contributed by atoms with Gasteiger partial charge in [-0.15, -0.1) is 0 Å². The van der Waals surface area contributed by atoms with Crippen molar-refractivity contribution < 1.29 is 13.5 Å². The molecule has 1 atom stereocenters. The van der Waals surface area contributed by atoms with E-state index < -0.39 is 16.1 Å². The first-order valence-electron chi connectivity index (χ1n) is 8.77. The Bertz CT molecular complexity index is 818. The fraction of sp³-hybridized carbons (Fsp3) is 0.400. The second kappa shape index (κ2) is 7.58. The molecule has 0 spiro atoms. The number of unbranched alkanes of at least 4 members (excludes halogenated alkanes) is 1. The lowest BCUT2D eigenvalue weighted by molar-refractivity contribution is 0.180. The van der Waals surface area contributed by atoms with Crippen LogP contribution in [-0.2, 0) is 22.9 Å². The fourth-order valence-corrected chi connectivity index (χ4v) is 4.41. The quantitative estimate of drug-likeness (QED) is 0.770. The third-order valence-electron chi connectivity index (χ3n) is 4.78. The lowest BCUT2D eigenvalue weighted by Gasteiger charge is -2.23. The molecule has 0 radical (unpaired) electrons. The monoisotopic (exact) mass is 359 g/mol. The van der Waals surface area contributed by atoms with Crippen LogP contribution in [0.4, 0.5) is 5.69 Å². The van der Waals surface area contributed by atoms with Crippen LogP contribution >= 0.6 is 0 Å². The molecule has 3 rings (SSSR count). The number of hydrogen-bond acceptors (Lipinski definition) is 3. The Hall–Kier alpha value is -1.85. The van der Waals surface area contributed by atoms with Gasteiger partial charge in [-0.25, -0.2) is 8.42 Å². The molecular formula is C20H25NO3S. The molecule has 0 saturated carbocycles. The van der Waals surface area contributed by atoms with E-state index >= 15 is 0 Å². The smallest absolute Gasteiger partial charge is 0.232 e. The number of sulfonamides is 1. The average molecular weight is 359 g/mol. The third-order valence-corrected chi connectivity index (χ3v) is 5.97. The van der Waals surface area contributed by atoms with Crippen LogP contribution in [-0.4, -0.2) is 26.3 Å². The summed E-state index contributed by atoms with van der Waals surface area (Å²) in [6, 6.07) is 15.8. The van der Waals surface area contributed by atoms with Crippen LogP contribution in [0.15, 0.2) is 48.5 Å². The highest BCUT2D eigenvalue weighted by Gasteiger charge is 2.23. The third kappa shape index (κ3) is 4.41. The molecule has 0 fully saturated rings. The van der Waals surface area contributed by atoms with E-state index in [1.165, 1.54) is 16.1 Å². The molecule has 134 valence electrons. The topological polar surface area (TPSA) is 57.6 Å². The molecule has 0 amide bonds. The summed E-state index contributed by atoms with van der Waals surface area (Å²) in [5.41, 5.74) is 3.97. The fourth-order valence-electron chi connectivity index (χ4n) is 3.45. The number of benzene rings is 2. The minimum Gasteiger partial charge on any atom is -0.388 e. The Labute approximate surface area is 150 Å². The van der Waals surface area contributed by atoms with Gasteiger partial charge in [0, 0.05) is 6.54 Å². The number of rotatable bonds is 7. The van der Waals surface area contributed by atoms with Crippen molar-refractivity contribution in [1.29, 1.82) is 0 Å². The number of hydrogen-bond donors (Lipinski definition) is 1. The van der Waals surface area contributed by atoms with Gasteiger partial charge < -0.3 is 5.11 Å². The maximum atomic E-state index is 12.2. The Morgan fingerprint density at radius 3 is 2.60 bits per heavy atom. The van der Waals surface area contributed by atoms with Crippen LogP contribution in [0.25, 0.3) is 0 Å². The van der Waals surface area contributed by atoms with Crippen molar-refractivity contribution in [2.24, 2.45) is 0 Å². The molecule has 0 aliphatic heterocycles. The average Bonchev–Trinajstić information content (AvgIpc) is 2.95. The highest BCUT2D eigenvalue weighted by atomic mass is 32.2. The largest absolute Gasteiger partial charge is 0.388 e. The summed E-state index contributed by atoms with van der Waals surface area (Å²) >= 11 is 0. The van der Waals surface area contributed by atoms with Gasteiger partial charge in [0.2, 0.25) is 10.0 Å². The Balaban J connectivity index is 1.67. The molecule has 5 heteroatoms. The van der Waals surface area contributed by atoms with Crippen molar-refractivity contribution in [1.82, 2.24) is 0 Å². The predicted molar refractivity (Wildman–Crippen MR) is 101 cm³/mol. The van der Waals surface area contributed by atoms with Gasteiger partial charge in [-0.3, -0.25) is 4.31 Å². The van der Waals surface area contributed by atoms with Crippen LogP contribution in [0.1, 0.15) is 42.1 Å². The van der Waals surface area contributed by atoms with Crippen molar-refractivity contribution in [2.45, 2.75) is 38.2 Å². The normalized spacial score (nSPS) is 16.6. The van der Waals surface area contributed by atoms with E-state index in [0.29, 0.717) is 12.2 Å². The molecule has 1 aliphatic rings. The first-order chi connectivity index (χ1) is 11.9. The molecule has 0 bridgehead atoms. The van der Waals surface area contributed by atoms with E-state index in [1.807, 2.05) is 36.4 Å². The first kappa shape index (κ1) is 18.0. The zero-order valence-electron chi connectivity index (χ0n) is 14.6. The molecule has 1 N–H and O–H groups in total. The van der Waals surface area contributed by atoms with Crippen LogP contribution < -0.4 is 4.31 Å². The van der Waals surface area contributed by atoms with E-state index in [2.05, 4.69) is 12.1 Å². The summed E-state index contributed by atoms with van der Waals surface area (Å²) in [6.45, 7) is 0.479. The van der Waals surface area contributed by atoms with Gasteiger partial charge in [0.1, 0.15) is 0 Å². The Morgan fingerprint density at radius 2 is 1.88 bits per heavy atom. The molecule has 1 aliphatic carbocycles. The van der Waals surface area contributed by atoms with Crippen molar-refractivity contribution in [3.05, 3.63) is 65.2 Å². The zero-order valence-corrected chi connectivity index (χ0v) is 15.4. The Morgan fingerprint density at radius 1 is 1.12 bits per heavy atom. The number of fused-ring (bicyclic) bond motifs is 1. The van der Waals surface area contributed by atoms with Gasteiger partial charge in [0.25, 0.3) is 0 Å². The van der Waals surface area contributed by atoms with Gasteiger partial charge >= 0.3 is 0 Å². The van der Waals surface area contributed by atoms with Crippen molar-refractivity contribution >= 4 is 15.7 Å². The van der Waals surface area contributed by atoms with Crippen LogP contribution in [0.2, 0.25) is 0 Å². The van der Waals surface area contributed by atoms with Crippen molar-refractivity contribution in [2.75, 3.05) is 17.1 Å². The second-order valence-corrected chi connectivity index (χ2v) is 8.62. The molecule has 4 nitrogen and oxygen atoms in total. The highest BCUT2D eigenvalue weighted by molar-refractivity contribution is 7.92. The van der Waals surface area contributed by atoms with E-state index in [1.54, 1.807) is 0 Å². The molecule has 0 aromatic heterocycles.